The molecule has 0 aliphatic carbocycles. The van der Waals surface area contributed by atoms with E-state index in [1.54, 1.807) is 10.9 Å². The standard InChI is InChI=1S/C16H16N6/c1-12-8-13(2)22(21-12)16-9-15(17-11-18-16)20-19-10-14-6-4-3-5-7-14/h3-11H,1-2H3,(H,17,18,20). The predicted molar refractivity (Wildman–Crippen MR) is 86.3 cm³/mol. The van der Waals surface area contributed by atoms with Crippen molar-refractivity contribution in [3.63, 3.8) is 0 Å². The van der Waals surface area contributed by atoms with Gasteiger partial charge in [0.05, 0.1) is 11.9 Å². The quantitative estimate of drug-likeness (QED) is 0.593. The number of nitrogens with zero attached hydrogens (tertiary/aromatic N) is 5. The highest BCUT2D eigenvalue weighted by atomic mass is 15.3. The largest absolute Gasteiger partial charge is 0.261 e. The van der Waals surface area contributed by atoms with Crippen LogP contribution in [0.25, 0.3) is 5.82 Å². The van der Waals surface area contributed by atoms with Crippen LogP contribution < -0.4 is 5.43 Å². The number of aryl methyl sites for hydroxylation is 2. The molecule has 0 aliphatic rings. The Morgan fingerprint density at radius 3 is 2.64 bits per heavy atom. The molecule has 0 amide bonds. The second-order valence-electron chi connectivity index (χ2n) is 4.88. The Labute approximate surface area is 128 Å². The van der Waals surface area contributed by atoms with Gasteiger partial charge < -0.3 is 0 Å². The van der Waals surface area contributed by atoms with Crippen LogP contribution in [0.5, 0.6) is 0 Å². The monoisotopic (exact) mass is 292 g/mol. The molecule has 2 heterocycles. The van der Waals surface area contributed by atoms with Crippen molar-refractivity contribution in [2.75, 3.05) is 5.43 Å². The van der Waals surface area contributed by atoms with E-state index in [0.29, 0.717) is 11.6 Å². The van der Waals surface area contributed by atoms with Crippen molar-refractivity contribution in [3.8, 4) is 5.82 Å². The molecular weight excluding hydrogens is 276 g/mol. The van der Waals surface area contributed by atoms with Crippen LogP contribution in [-0.2, 0) is 0 Å². The van der Waals surface area contributed by atoms with Gasteiger partial charge in [0.25, 0.3) is 0 Å². The maximum Gasteiger partial charge on any atom is 0.159 e. The Kier molecular flexibility index (Phi) is 3.91. The van der Waals surface area contributed by atoms with Crippen molar-refractivity contribution in [1.29, 1.82) is 0 Å². The number of hydrazone groups is 1. The number of anilines is 1. The van der Waals surface area contributed by atoms with Crippen LogP contribution in [-0.4, -0.2) is 26.0 Å². The third-order valence-corrected chi connectivity index (χ3v) is 3.07. The number of aromatic nitrogens is 4. The third kappa shape index (κ3) is 3.17. The van der Waals surface area contributed by atoms with E-state index >= 15 is 0 Å². The minimum atomic E-state index is 0.615. The molecule has 110 valence electrons. The molecule has 0 saturated carbocycles. The van der Waals surface area contributed by atoms with E-state index < -0.39 is 0 Å². The van der Waals surface area contributed by atoms with E-state index in [2.05, 4.69) is 25.6 Å². The SMILES string of the molecule is Cc1cc(C)n(-c2cc(NN=Cc3ccccc3)ncn2)n1. The average molecular weight is 292 g/mol. The van der Waals surface area contributed by atoms with Crippen molar-refractivity contribution in [2.45, 2.75) is 13.8 Å². The molecule has 3 rings (SSSR count). The predicted octanol–water partition coefficient (Wildman–Crippen LogP) is 2.73. The summed E-state index contributed by atoms with van der Waals surface area (Å²) in [6.45, 7) is 3.94. The molecule has 2 aromatic heterocycles. The summed E-state index contributed by atoms with van der Waals surface area (Å²) in [5.74, 6) is 1.32. The van der Waals surface area contributed by atoms with Crippen LogP contribution in [0.4, 0.5) is 5.82 Å². The zero-order valence-corrected chi connectivity index (χ0v) is 12.4. The fourth-order valence-electron chi connectivity index (χ4n) is 2.10. The lowest BCUT2D eigenvalue weighted by molar-refractivity contribution is 0.801. The molecule has 0 saturated heterocycles. The lowest BCUT2D eigenvalue weighted by Crippen LogP contribution is -2.04. The molecule has 0 spiro atoms. The second-order valence-corrected chi connectivity index (χ2v) is 4.88. The van der Waals surface area contributed by atoms with E-state index in [0.717, 1.165) is 17.0 Å². The van der Waals surface area contributed by atoms with E-state index in [1.165, 1.54) is 6.33 Å². The summed E-state index contributed by atoms with van der Waals surface area (Å²) in [6.07, 6.45) is 3.23. The Hall–Kier alpha value is -3.02. The first-order valence-corrected chi connectivity index (χ1v) is 6.92. The topological polar surface area (TPSA) is 68.0 Å². The summed E-state index contributed by atoms with van der Waals surface area (Å²) < 4.78 is 1.78. The van der Waals surface area contributed by atoms with E-state index in [9.17, 15) is 0 Å². The molecule has 6 nitrogen and oxygen atoms in total. The van der Waals surface area contributed by atoms with Crippen LogP contribution in [0.1, 0.15) is 17.0 Å². The maximum atomic E-state index is 4.41. The smallest absolute Gasteiger partial charge is 0.159 e. The molecule has 22 heavy (non-hydrogen) atoms. The molecule has 0 fully saturated rings. The normalized spacial score (nSPS) is 11.0. The molecule has 0 bridgehead atoms. The number of rotatable bonds is 4. The molecule has 6 heteroatoms. The van der Waals surface area contributed by atoms with Crippen LogP contribution in [0, 0.1) is 13.8 Å². The maximum absolute atomic E-state index is 4.41. The fraction of sp³-hybridized carbons (Fsp3) is 0.125. The Balaban J connectivity index is 1.77. The van der Waals surface area contributed by atoms with Crippen molar-refractivity contribution < 1.29 is 0 Å². The molecule has 0 radical (unpaired) electrons. The van der Waals surface area contributed by atoms with Gasteiger partial charge in [-0.2, -0.15) is 10.2 Å². The van der Waals surface area contributed by atoms with Gasteiger partial charge in [0.2, 0.25) is 0 Å². The minimum absolute atomic E-state index is 0.615. The summed E-state index contributed by atoms with van der Waals surface area (Å²) in [6, 6.07) is 13.7. The van der Waals surface area contributed by atoms with Crippen molar-refractivity contribution in [3.05, 3.63) is 65.7 Å². The Morgan fingerprint density at radius 1 is 1.09 bits per heavy atom. The highest BCUT2D eigenvalue weighted by molar-refractivity contribution is 5.79. The molecule has 0 atom stereocenters. The van der Waals surface area contributed by atoms with Crippen LogP contribution in [0.2, 0.25) is 0 Å². The van der Waals surface area contributed by atoms with E-state index in [4.69, 9.17) is 0 Å². The van der Waals surface area contributed by atoms with Gasteiger partial charge in [0.15, 0.2) is 11.6 Å². The van der Waals surface area contributed by atoms with E-state index in [-0.39, 0.29) is 0 Å². The van der Waals surface area contributed by atoms with Crippen molar-refractivity contribution in [2.24, 2.45) is 5.10 Å². The lowest BCUT2D eigenvalue weighted by atomic mass is 10.2. The van der Waals surface area contributed by atoms with Gasteiger partial charge >= 0.3 is 0 Å². The Morgan fingerprint density at radius 2 is 1.91 bits per heavy atom. The van der Waals surface area contributed by atoms with E-state index in [1.807, 2.05) is 56.3 Å². The highest BCUT2D eigenvalue weighted by Crippen LogP contribution is 2.12. The number of hydrogen-bond acceptors (Lipinski definition) is 5. The molecule has 0 aliphatic heterocycles. The summed E-state index contributed by atoms with van der Waals surface area (Å²) in [7, 11) is 0. The lowest BCUT2D eigenvalue weighted by Gasteiger charge is -2.04. The van der Waals surface area contributed by atoms with Gasteiger partial charge in [-0.1, -0.05) is 30.3 Å². The molecule has 1 aromatic carbocycles. The molecule has 1 N–H and O–H groups in total. The number of hydrogen-bond donors (Lipinski definition) is 1. The summed E-state index contributed by atoms with van der Waals surface area (Å²) in [5.41, 5.74) is 5.90. The number of nitrogens with one attached hydrogen (secondary N) is 1. The molecule has 3 aromatic rings. The van der Waals surface area contributed by atoms with Crippen molar-refractivity contribution >= 4 is 12.0 Å². The Bertz CT molecular complexity index is 791. The second kappa shape index (κ2) is 6.17. The van der Waals surface area contributed by atoms with Crippen molar-refractivity contribution in [1.82, 2.24) is 19.7 Å². The number of benzene rings is 1. The van der Waals surface area contributed by atoms with Gasteiger partial charge in [0, 0.05) is 11.8 Å². The van der Waals surface area contributed by atoms with Gasteiger partial charge in [-0.05, 0) is 25.5 Å². The van der Waals surface area contributed by atoms with Crippen LogP contribution >= 0.6 is 0 Å². The minimum Gasteiger partial charge on any atom is -0.261 e. The zero-order valence-electron chi connectivity index (χ0n) is 12.4. The van der Waals surface area contributed by atoms with Crippen LogP contribution in [0.15, 0.2) is 53.9 Å². The first-order chi connectivity index (χ1) is 10.7. The summed E-state index contributed by atoms with van der Waals surface area (Å²) >= 11 is 0. The van der Waals surface area contributed by atoms with Crippen LogP contribution in [0.3, 0.4) is 0 Å². The first-order valence-electron chi connectivity index (χ1n) is 6.92. The zero-order chi connectivity index (χ0) is 15.4. The van der Waals surface area contributed by atoms with Gasteiger partial charge in [-0.15, -0.1) is 0 Å². The molecular formula is C16H16N6. The third-order valence-electron chi connectivity index (χ3n) is 3.07. The summed E-state index contributed by atoms with van der Waals surface area (Å²) in [4.78, 5) is 8.40. The first kappa shape index (κ1) is 13.9. The summed E-state index contributed by atoms with van der Waals surface area (Å²) in [5, 5.41) is 8.59. The van der Waals surface area contributed by atoms with Gasteiger partial charge in [-0.25, -0.2) is 14.6 Å². The molecule has 0 unspecified atom stereocenters. The highest BCUT2D eigenvalue weighted by Gasteiger charge is 2.05. The average Bonchev–Trinajstić information content (AvgIpc) is 2.87. The fourth-order valence-corrected chi connectivity index (χ4v) is 2.10. The van der Waals surface area contributed by atoms with Gasteiger partial charge in [-0.3, -0.25) is 5.43 Å². The van der Waals surface area contributed by atoms with Gasteiger partial charge in [0.1, 0.15) is 6.33 Å².